The molecule has 0 atom stereocenters. The van der Waals surface area contributed by atoms with Crippen molar-refractivity contribution in [2.45, 2.75) is 24.7 Å². The van der Waals surface area contributed by atoms with E-state index in [0.717, 1.165) is 6.42 Å². The molecule has 0 aliphatic rings. The van der Waals surface area contributed by atoms with E-state index < -0.39 is 15.9 Å². The van der Waals surface area contributed by atoms with Crippen LogP contribution in [0, 0.1) is 0 Å². The van der Waals surface area contributed by atoms with E-state index in [4.69, 9.17) is 9.47 Å². The number of methoxy groups -OCH3 is 2. The van der Waals surface area contributed by atoms with Crippen molar-refractivity contribution in [2.75, 3.05) is 30.4 Å². The summed E-state index contributed by atoms with van der Waals surface area (Å²) in [5.41, 5.74) is 1.32. The van der Waals surface area contributed by atoms with Crippen molar-refractivity contribution in [3.63, 3.8) is 0 Å². The van der Waals surface area contributed by atoms with Gasteiger partial charge in [0, 0.05) is 23.9 Å². The first-order valence-electron chi connectivity index (χ1n) is 10.6. The van der Waals surface area contributed by atoms with Crippen molar-refractivity contribution < 1.29 is 22.7 Å². The number of carbonyl (C=O) groups is 1. The first kappa shape index (κ1) is 24.1. The molecule has 0 fully saturated rings. The summed E-state index contributed by atoms with van der Waals surface area (Å²) in [6, 6.07) is 20.0. The number of hydrogen-bond donors (Lipinski definition) is 1. The number of nitrogens with zero attached hydrogens (tertiary/aromatic N) is 1. The van der Waals surface area contributed by atoms with Crippen LogP contribution in [-0.4, -0.2) is 35.1 Å². The summed E-state index contributed by atoms with van der Waals surface area (Å²) in [5, 5.41) is 2.78. The molecule has 3 aromatic rings. The number of amides is 1. The number of para-hydroxylation sites is 1. The number of benzene rings is 3. The Morgan fingerprint density at radius 1 is 0.909 bits per heavy atom. The van der Waals surface area contributed by atoms with Crippen LogP contribution in [0.2, 0.25) is 0 Å². The first-order valence-corrected chi connectivity index (χ1v) is 12.1. The van der Waals surface area contributed by atoms with Gasteiger partial charge >= 0.3 is 0 Å². The summed E-state index contributed by atoms with van der Waals surface area (Å²) < 4.78 is 38.8. The summed E-state index contributed by atoms with van der Waals surface area (Å²) >= 11 is 0. The smallest absolute Gasteiger partial charge is 0.264 e. The van der Waals surface area contributed by atoms with Gasteiger partial charge in [0.1, 0.15) is 0 Å². The van der Waals surface area contributed by atoms with E-state index in [1.807, 2.05) is 13.0 Å². The molecule has 0 aliphatic heterocycles. The van der Waals surface area contributed by atoms with Gasteiger partial charge in [-0.3, -0.25) is 9.10 Å². The van der Waals surface area contributed by atoms with Gasteiger partial charge in [0.05, 0.1) is 24.8 Å². The van der Waals surface area contributed by atoms with Crippen LogP contribution in [0.15, 0.2) is 77.7 Å². The Morgan fingerprint density at radius 2 is 1.64 bits per heavy atom. The van der Waals surface area contributed by atoms with Crippen LogP contribution in [0.4, 0.5) is 11.4 Å². The fourth-order valence-electron chi connectivity index (χ4n) is 3.33. The third-order valence-electron chi connectivity index (χ3n) is 5.08. The molecule has 0 aromatic heterocycles. The molecule has 0 aliphatic carbocycles. The van der Waals surface area contributed by atoms with Crippen LogP contribution in [0.5, 0.6) is 11.5 Å². The minimum absolute atomic E-state index is 0.0578. The molecule has 3 rings (SSSR count). The maximum absolute atomic E-state index is 13.5. The summed E-state index contributed by atoms with van der Waals surface area (Å²) in [6.07, 6.45) is 1.57. The maximum Gasteiger partial charge on any atom is 0.264 e. The molecular weight excluding hydrogens is 440 g/mol. The summed E-state index contributed by atoms with van der Waals surface area (Å²) in [4.78, 5) is 12.9. The fourth-order valence-corrected chi connectivity index (χ4v) is 4.88. The van der Waals surface area contributed by atoms with Crippen molar-refractivity contribution in [1.29, 1.82) is 0 Å². The lowest BCUT2D eigenvalue weighted by molar-refractivity contribution is 0.102. The number of carbonyl (C=O) groups excluding carboxylic acids is 1. The van der Waals surface area contributed by atoms with Gasteiger partial charge in [-0.15, -0.1) is 0 Å². The highest BCUT2D eigenvalue weighted by Gasteiger charge is 2.25. The predicted molar refractivity (Wildman–Crippen MR) is 130 cm³/mol. The van der Waals surface area contributed by atoms with Gasteiger partial charge in [0.25, 0.3) is 15.9 Å². The summed E-state index contributed by atoms with van der Waals surface area (Å²) in [5.74, 6) is 0.580. The van der Waals surface area contributed by atoms with Gasteiger partial charge in [-0.25, -0.2) is 8.42 Å². The topological polar surface area (TPSA) is 84.9 Å². The van der Waals surface area contributed by atoms with Gasteiger partial charge in [-0.2, -0.15) is 0 Å². The van der Waals surface area contributed by atoms with Crippen LogP contribution in [-0.2, 0) is 10.0 Å². The highest BCUT2D eigenvalue weighted by atomic mass is 32.2. The third-order valence-corrected chi connectivity index (χ3v) is 6.91. The number of hydrogen-bond acceptors (Lipinski definition) is 5. The van der Waals surface area contributed by atoms with Crippen LogP contribution in [0.1, 0.15) is 30.1 Å². The van der Waals surface area contributed by atoms with E-state index in [9.17, 15) is 13.2 Å². The lowest BCUT2D eigenvalue weighted by Crippen LogP contribution is -2.32. The van der Waals surface area contributed by atoms with E-state index in [0.29, 0.717) is 35.8 Å². The normalized spacial score (nSPS) is 11.0. The molecule has 33 heavy (non-hydrogen) atoms. The number of unbranched alkanes of at least 4 members (excludes halogenated alkanes) is 1. The van der Waals surface area contributed by atoms with E-state index in [1.54, 1.807) is 54.6 Å². The maximum atomic E-state index is 13.5. The molecule has 1 N–H and O–H groups in total. The number of nitrogens with one attached hydrogen (secondary N) is 1. The number of anilines is 2. The van der Waals surface area contributed by atoms with Crippen LogP contribution in [0.3, 0.4) is 0 Å². The minimum atomic E-state index is -3.86. The largest absolute Gasteiger partial charge is 0.493 e. The van der Waals surface area contributed by atoms with E-state index >= 15 is 0 Å². The van der Waals surface area contributed by atoms with Crippen molar-refractivity contribution in [3.8, 4) is 11.5 Å². The molecule has 0 saturated heterocycles. The first-order chi connectivity index (χ1) is 15.9. The monoisotopic (exact) mass is 468 g/mol. The number of sulfonamides is 1. The number of rotatable bonds is 10. The molecule has 0 radical (unpaired) electrons. The Balaban J connectivity index is 1.89. The second kappa shape index (κ2) is 10.9. The zero-order chi connectivity index (χ0) is 23.8. The van der Waals surface area contributed by atoms with Gasteiger partial charge in [-0.1, -0.05) is 37.6 Å². The molecule has 1 amide bonds. The molecule has 0 saturated carbocycles. The Morgan fingerprint density at radius 3 is 2.30 bits per heavy atom. The Hall–Kier alpha value is -3.52. The minimum Gasteiger partial charge on any atom is -0.493 e. The summed E-state index contributed by atoms with van der Waals surface area (Å²) in [6.45, 7) is 2.36. The second-order valence-corrected chi connectivity index (χ2v) is 9.18. The van der Waals surface area contributed by atoms with Gasteiger partial charge in [0.2, 0.25) is 0 Å². The SMILES string of the molecule is CCCCN(c1ccccc1)S(=O)(=O)c1cccc(C(=O)Nc2ccc(OC)c(OC)c2)c1. The molecular formula is C25H28N2O5S. The molecule has 0 bridgehead atoms. The van der Waals surface area contributed by atoms with Gasteiger partial charge in [-0.05, 0) is 48.9 Å². The molecule has 0 spiro atoms. The van der Waals surface area contributed by atoms with Crippen LogP contribution < -0.4 is 19.1 Å². The Bertz CT molecular complexity index is 1200. The van der Waals surface area contributed by atoms with E-state index in [2.05, 4.69) is 5.32 Å². The van der Waals surface area contributed by atoms with E-state index in [1.165, 1.54) is 30.7 Å². The van der Waals surface area contributed by atoms with Crippen molar-refractivity contribution in [3.05, 3.63) is 78.4 Å². The number of ether oxygens (including phenoxy) is 2. The van der Waals surface area contributed by atoms with Crippen LogP contribution >= 0.6 is 0 Å². The van der Waals surface area contributed by atoms with E-state index in [-0.39, 0.29) is 10.5 Å². The van der Waals surface area contributed by atoms with Crippen molar-refractivity contribution in [1.82, 2.24) is 0 Å². The van der Waals surface area contributed by atoms with Crippen molar-refractivity contribution >= 4 is 27.3 Å². The highest BCUT2D eigenvalue weighted by molar-refractivity contribution is 7.92. The summed E-state index contributed by atoms with van der Waals surface area (Å²) in [7, 11) is -0.820. The Labute approximate surface area is 195 Å². The molecule has 7 nitrogen and oxygen atoms in total. The molecule has 174 valence electrons. The lowest BCUT2D eigenvalue weighted by atomic mass is 10.2. The zero-order valence-electron chi connectivity index (χ0n) is 18.9. The molecule has 8 heteroatoms. The van der Waals surface area contributed by atoms with Gasteiger partial charge < -0.3 is 14.8 Å². The molecule has 3 aromatic carbocycles. The Kier molecular flexibility index (Phi) is 7.95. The molecule has 0 heterocycles. The second-order valence-electron chi connectivity index (χ2n) is 7.32. The highest BCUT2D eigenvalue weighted by Crippen LogP contribution is 2.30. The average molecular weight is 469 g/mol. The van der Waals surface area contributed by atoms with Crippen LogP contribution in [0.25, 0.3) is 0 Å². The average Bonchev–Trinajstić information content (AvgIpc) is 2.84. The van der Waals surface area contributed by atoms with Gasteiger partial charge in [0.15, 0.2) is 11.5 Å². The third kappa shape index (κ3) is 5.64. The fraction of sp³-hybridized carbons (Fsp3) is 0.240. The standard InChI is InChI=1S/C25H28N2O5S/c1-4-5-16-27(21-11-7-6-8-12-21)33(29,30)22-13-9-10-19(17-22)25(28)26-20-14-15-23(31-2)24(18-20)32-3/h6-15,17-18H,4-5,16H2,1-3H3,(H,26,28). The van der Waals surface area contributed by atoms with Crippen molar-refractivity contribution in [2.24, 2.45) is 0 Å². The predicted octanol–water partition coefficient (Wildman–Crippen LogP) is 4.95. The lowest BCUT2D eigenvalue weighted by Gasteiger charge is -2.24. The molecule has 0 unspecified atom stereocenters. The quantitative estimate of drug-likeness (QED) is 0.455. The zero-order valence-corrected chi connectivity index (χ0v) is 19.8.